The van der Waals surface area contributed by atoms with Crippen LogP contribution >= 0.6 is 11.6 Å². The van der Waals surface area contributed by atoms with Crippen LogP contribution < -0.4 is 10.1 Å². The second-order valence-corrected chi connectivity index (χ2v) is 6.97. The summed E-state index contributed by atoms with van der Waals surface area (Å²) in [4.78, 5) is 25.1. The Labute approximate surface area is 169 Å². The van der Waals surface area contributed by atoms with Gasteiger partial charge in [0.05, 0.1) is 14.2 Å². The maximum atomic E-state index is 12.0. The Hall–Kier alpha value is -2.42. The molecule has 1 saturated heterocycles. The van der Waals surface area contributed by atoms with Gasteiger partial charge in [0.2, 0.25) is 0 Å². The van der Waals surface area contributed by atoms with Crippen molar-refractivity contribution >= 4 is 29.1 Å². The molecule has 3 rings (SSSR count). The largest absolute Gasteiger partial charge is 0.479 e. The first-order chi connectivity index (χ1) is 13.5. The van der Waals surface area contributed by atoms with Crippen molar-refractivity contribution in [1.82, 2.24) is 19.8 Å². The maximum absolute atomic E-state index is 12.0. The highest BCUT2D eigenvalue weighted by Gasteiger charge is 2.20. The summed E-state index contributed by atoms with van der Waals surface area (Å²) in [5.74, 6) is -0.283. The molecule has 0 bridgehead atoms. The number of rotatable bonds is 6. The number of likely N-dealkylation sites (N-methyl/N-ethyl adjacent to an activating group) is 1. The molecule has 1 aromatic heterocycles. The third-order valence-corrected chi connectivity index (χ3v) is 4.86. The van der Waals surface area contributed by atoms with E-state index in [1.165, 1.54) is 19.8 Å². The quantitative estimate of drug-likeness (QED) is 0.734. The van der Waals surface area contributed by atoms with Crippen molar-refractivity contribution in [3.8, 4) is 5.88 Å². The molecule has 150 valence electrons. The van der Waals surface area contributed by atoms with E-state index in [1.807, 2.05) is 12.1 Å². The zero-order valence-electron chi connectivity index (χ0n) is 16.2. The number of ether oxygens (including phenoxy) is 2. The second-order valence-electron chi connectivity index (χ2n) is 6.61. The first-order valence-corrected chi connectivity index (χ1v) is 9.34. The summed E-state index contributed by atoms with van der Waals surface area (Å²) in [7, 11) is 4.86. The summed E-state index contributed by atoms with van der Waals surface area (Å²) in [6.45, 7) is 5.23. The van der Waals surface area contributed by atoms with Gasteiger partial charge in [-0.25, -0.2) is 9.78 Å². The predicted molar refractivity (Wildman–Crippen MR) is 107 cm³/mol. The minimum absolute atomic E-state index is 0.00373. The van der Waals surface area contributed by atoms with Crippen LogP contribution in [0.3, 0.4) is 0 Å². The topological polar surface area (TPSA) is 79.8 Å². The van der Waals surface area contributed by atoms with Crippen molar-refractivity contribution < 1.29 is 14.3 Å². The molecule has 0 saturated carbocycles. The van der Waals surface area contributed by atoms with E-state index in [2.05, 4.69) is 44.3 Å². The number of nitrogens with zero attached hydrogens (tertiary/aromatic N) is 4. The van der Waals surface area contributed by atoms with E-state index in [4.69, 9.17) is 21.1 Å². The molecule has 1 N–H and O–H groups in total. The van der Waals surface area contributed by atoms with Gasteiger partial charge in [0.1, 0.15) is 0 Å². The summed E-state index contributed by atoms with van der Waals surface area (Å²) in [5, 5.41) is 3.09. The van der Waals surface area contributed by atoms with Crippen molar-refractivity contribution in [3.63, 3.8) is 0 Å². The van der Waals surface area contributed by atoms with E-state index in [-0.39, 0.29) is 22.5 Å². The molecule has 1 fully saturated rings. The molecule has 0 atom stereocenters. The van der Waals surface area contributed by atoms with Gasteiger partial charge in [0.15, 0.2) is 16.7 Å². The normalized spacial score (nSPS) is 15.3. The summed E-state index contributed by atoms with van der Waals surface area (Å²) < 4.78 is 9.86. The van der Waals surface area contributed by atoms with Gasteiger partial charge in [0.25, 0.3) is 5.88 Å². The fourth-order valence-electron chi connectivity index (χ4n) is 2.95. The molecule has 0 unspecified atom stereocenters. The maximum Gasteiger partial charge on any atom is 0.360 e. The molecule has 0 spiro atoms. The third kappa shape index (κ3) is 4.89. The number of piperazine rings is 1. The Bertz CT molecular complexity index is 823. The molecule has 1 aromatic carbocycles. The number of halogens is 1. The van der Waals surface area contributed by atoms with Crippen molar-refractivity contribution in [2.75, 3.05) is 52.8 Å². The van der Waals surface area contributed by atoms with Crippen LogP contribution in [0.5, 0.6) is 5.88 Å². The van der Waals surface area contributed by atoms with Crippen LogP contribution in [0.1, 0.15) is 16.1 Å². The van der Waals surface area contributed by atoms with Gasteiger partial charge in [-0.2, -0.15) is 4.98 Å². The van der Waals surface area contributed by atoms with Gasteiger partial charge in [-0.15, -0.1) is 0 Å². The molecule has 2 aromatic rings. The number of carbonyl (C=O) groups is 1. The number of hydrogen-bond acceptors (Lipinski definition) is 8. The Balaban J connectivity index is 1.73. The molecule has 2 heterocycles. The van der Waals surface area contributed by atoms with Crippen molar-refractivity contribution in [1.29, 1.82) is 0 Å². The van der Waals surface area contributed by atoms with Crippen molar-refractivity contribution in [2.45, 2.75) is 6.54 Å². The third-order valence-electron chi connectivity index (χ3n) is 4.61. The van der Waals surface area contributed by atoms with Crippen LogP contribution in [0, 0.1) is 0 Å². The second kappa shape index (κ2) is 9.18. The van der Waals surface area contributed by atoms with E-state index in [1.54, 1.807) is 0 Å². The highest BCUT2D eigenvalue weighted by atomic mass is 35.5. The number of esters is 1. The van der Waals surface area contributed by atoms with Gasteiger partial charge in [0, 0.05) is 38.4 Å². The van der Waals surface area contributed by atoms with E-state index in [0.29, 0.717) is 0 Å². The first kappa shape index (κ1) is 20.3. The standard InChI is InChI=1S/C19H24ClN5O3/c1-24-8-10-25(11-9-24)12-13-4-6-14(7-5-13)21-17-15(19(26)28-3)22-16(20)18(23-17)27-2/h4-7H,8-12H2,1-3H3,(H,21,23). The van der Waals surface area contributed by atoms with Crippen LogP contribution in [0.15, 0.2) is 24.3 Å². The molecule has 0 radical (unpaired) electrons. The minimum atomic E-state index is -0.633. The molecule has 1 aliphatic heterocycles. The van der Waals surface area contributed by atoms with Crippen molar-refractivity contribution in [3.05, 3.63) is 40.7 Å². The summed E-state index contributed by atoms with van der Waals surface area (Å²) >= 11 is 5.99. The average Bonchev–Trinajstić information content (AvgIpc) is 2.71. The minimum Gasteiger partial charge on any atom is -0.479 e. The van der Waals surface area contributed by atoms with Gasteiger partial charge in [-0.1, -0.05) is 23.7 Å². The van der Waals surface area contributed by atoms with E-state index in [0.717, 1.165) is 38.4 Å². The first-order valence-electron chi connectivity index (χ1n) is 8.97. The van der Waals surface area contributed by atoms with Gasteiger partial charge < -0.3 is 19.7 Å². The number of hydrogen-bond donors (Lipinski definition) is 1. The van der Waals surface area contributed by atoms with Gasteiger partial charge >= 0.3 is 5.97 Å². The Morgan fingerprint density at radius 1 is 1.14 bits per heavy atom. The van der Waals surface area contributed by atoms with Crippen LogP contribution in [0.25, 0.3) is 0 Å². The molecule has 1 aliphatic rings. The lowest BCUT2D eigenvalue weighted by molar-refractivity contribution is 0.0594. The van der Waals surface area contributed by atoms with Gasteiger partial charge in [-0.3, -0.25) is 4.90 Å². The molecular formula is C19H24ClN5O3. The van der Waals surface area contributed by atoms with E-state index >= 15 is 0 Å². The summed E-state index contributed by atoms with van der Waals surface area (Å²) in [6, 6.07) is 7.99. The van der Waals surface area contributed by atoms with Crippen LogP contribution in [-0.2, 0) is 11.3 Å². The molecule has 28 heavy (non-hydrogen) atoms. The number of methoxy groups -OCH3 is 2. The Kier molecular flexibility index (Phi) is 6.66. The summed E-state index contributed by atoms with van der Waals surface area (Å²) in [5.41, 5.74) is 1.99. The average molecular weight is 406 g/mol. The number of carbonyl (C=O) groups excluding carboxylic acids is 1. The number of benzene rings is 1. The zero-order chi connectivity index (χ0) is 20.1. The lowest BCUT2D eigenvalue weighted by Gasteiger charge is -2.32. The monoisotopic (exact) mass is 405 g/mol. The number of aromatic nitrogens is 2. The lowest BCUT2D eigenvalue weighted by atomic mass is 10.1. The Morgan fingerprint density at radius 2 is 1.82 bits per heavy atom. The smallest absolute Gasteiger partial charge is 0.360 e. The van der Waals surface area contributed by atoms with Crippen LogP contribution in [0.2, 0.25) is 5.15 Å². The lowest BCUT2D eigenvalue weighted by Crippen LogP contribution is -2.43. The molecule has 0 amide bonds. The number of anilines is 2. The molecular weight excluding hydrogens is 382 g/mol. The van der Waals surface area contributed by atoms with E-state index < -0.39 is 5.97 Å². The van der Waals surface area contributed by atoms with Crippen molar-refractivity contribution in [2.24, 2.45) is 0 Å². The summed E-state index contributed by atoms with van der Waals surface area (Å²) in [6.07, 6.45) is 0. The van der Waals surface area contributed by atoms with Crippen LogP contribution in [0.4, 0.5) is 11.5 Å². The predicted octanol–water partition coefficient (Wildman–Crippen LogP) is 2.42. The molecule has 0 aliphatic carbocycles. The number of nitrogens with one attached hydrogen (secondary N) is 1. The fourth-order valence-corrected chi connectivity index (χ4v) is 3.15. The van der Waals surface area contributed by atoms with E-state index in [9.17, 15) is 4.79 Å². The molecule has 8 nitrogen and oxygen atoms in total. The van der Waals surface area contributed by atoms with Crippen LogP contribution in [-0.4, -0.2) is 73.2 Å². The zero-order valence-corrected chi connectivity index (χ0v) is 17.0. The Morgan fingerprint density at radius 3 is 2.43 bits per heavy atom. The van der Waals surface area contributed by atoms with Gasteiger partial charge in [-0.05, 0) is 24.7 Å². The molecule has 9 heteroatoms. The highest BCUT2D eigenvalue weighted by Crippen LogP contribution is 2.27. The fraction of sp³-hybridized carbons (Fsp3) is 0.421. The highest BCUT2D eigenvalue weighted by molar-refractivity contribution is 6.30. The SMILES string of the molecule is COC(=O)c1nc(Cl)c(OC)nc1Nc1ccc(CN2CCN(C)CC2)cc1.